The molecule has 61 heavy (non-hydrogen) atoms. The van der Waals surface area contributed by atoms with Crippen LogP contribution in [0.15, 0.2) is 212 Å². The van der Waals surface area contributed by atoms with Crippen LogP contribution in [-0.2, 0) is 0 Å². The molecule has 284 valence electrons. The highest BCUT2D eigenvalue weighted by molar-refractivity contribution is 6.25. The van der Waals surface area contributed by atoms with Gasteiger partial charge in [0, 0.05) is 38.8 Å². The first kappa shape index (κ1) is 34.7. The molecule has 0 fully saturated rings. The van der Waals surface area contributed by atoms with Crippen molar-refractivity contribution in [2.45, 2.75) is 0 Å². The zero-order chi connectivity index (χ0) is 40.3. The highest BCUT2D eigenvalue weighted by Crippen LogP contribution is 2.42. The van der Waals surface area contributed by atoms with E-state index < -0.39 is 0 Å². The largest absolute Gasteiger partial charge is 0.231 e. The number of hydrogen-bond donors (Lipinski definition) is 0. The van der Waals surface area contributed by atoms with Crippen LogP contribution in [0.2, 0.25) is 0 Å². The molecule has 0 unspecified atom stereocenters. The Morgan fingerprint density at radius 3 is 1.39 bits per heavy atom. The van der Waals surface area contributed by atoms with Crippen LogP contribution < -0.4 is 0 Å². The molecule has 0 bridgehead atoms. The Bertz CT molecular complexity index is 3600. The summed E-state index contributed by atoms with van der Waals surface area (Å²) in [7, 11) is 0. The van der Waals surface area contributed by atoms with Gasteiger partial charge < -0.3 is 0 Å². The maximum atomic E-state index is 5.44. The second kappa shape index (κ2) is 14.2. The van der Waals surface area contributed by atoms with E-state index in [0.29, 0.717) is 17.5 Å². The van der Waals surface area contributed by atoms with Gasteiger partial charge in [0.05, 0.1) is 11.2 Å². The van der Waals surface area contributed by atoms with E-state index in [9.17, 15) is 0 Å². The van der Waals surface area contributed by atoms with E-state index in [1.165, 1.54) is 32.3 Å². The van der Waals surface area contributed by atoms with Crippen molar-refractivity contribution in [2.24, 2.45) is 0 Å². The molecule has 0 spiro atoms. The summed E-state index contributed by atoms with van der Waals surface area (Å²) in [6.07, 6.45) is 0. The number of nitrogens with zero attached hydrogens (tertiary/aromatic N) is 5. The molecule has 3 aromatic heterocycles. The Balaban J connectivity index is 1.09. The summed E-state index contributed by atoms with van der Waals surface area (Å²) in [6.45, 7) is 0. The Labute approximate surface area is 351 Å². The van der Waals surface area contributed by atoms with Gasteiger partial charge in [-0.05, 0) is 61.5 Å². The van der Waals surface area contributed by atoms with Gasteiger partial charge in [0.25, 0.3) is 0 Å². The van der Waals surface area contributed by atoms with Crippen molar-refractivity contribution in [2.75, 3.05) is 0 Å². The second-order valence-electron chi connectivity index (χ2n) is 15.4. The average molecular weight is 778 g/mol. The smallest absolute Gasteiger partial charge is 0.164 e. The van der Waals surface area contributed by atoms with Crippen LogP contribution in [0, 0.1) is 0 Å². The summed E-state index contributed by atoms with van der Waals surface area (Å²) in [4.78, 5) is 15.6. The number of aromatic nitrogens is 5. The summed E-state index contributed by atoms with van der Waals surface area (Å²) >= 11 is 0. The molecule has 0 saturated carbocycles. The van der Waals surface area contributed by atoms with Gasteiger partial charge in [-0.1, -0.05) is 194 Å². The van der Waals surface area contributed by atoms with Gasteiger partial charge in [-0.15, -0.1) is 0 Å². The van der Waals surface area contributed by atoms with Crippen LogP contribution in [0.1, 0.15) is 0 Å². The normalized spacial score (nSPS) is 11.6. The number of pyridine rings is 1. The van der Waals surface area contributed by atoms with Crippen molar-refractivity contribution in [1.82, 2.24) is 24.6 Å². The van der Waals surface area contributed by atoms with E-state index in [-0.39, 0.29) is 0 Å². The molecule has 0 amide bonds. The minimum Gasteiger partial charge on any atom is -0.231 e. The van der Waals surface area contributed by atoms with E-state index in [1.807, 2.05) is 24.3 Å². The van der Waals surface area contributed by atoms with Crippen LogP contribution >= 0.6 is 0 Å². The monoisotopic (exact) mass is 777 g/mol. The number of fused-ring (bicyclic) bond motifs is 9. The predicted octanol–water partition coefficient (Wildman–Crippen LogP) is 14.1. The molecule has 12 rings (SSSR count). The number of rotatable bonds is 6. The van der Waals surface area contributed by atoms with Crippen molar-refractivity contribution in [3.05, 3.63) is 212 Å². The van der Waals surface area contributed by atoms with Crippen molar-refractivity contribution in [3.63, 3.8) is 0 Å². The van der Waals surface area contributed by atoms with Crippen LogP contribution in [0.5, 0.6) is 0 Å². The molecule has 5 nitrogen and oxygen atoms in total. The van der Waals surface area contributed by atoms with Gasteiger partial charge in [0.1, 0.15) is 5.69 Å². The highest BCUT2D eigenvalue weighted by Gasteiger charge is 2.23. The predicted molar refractivity (Wildman–Crippen MR) is 251 cm³/mol. The first-order valence-electron chi connectivity index (χ1n) is 20.6. The van der Waals surface area contributed by atoms with Gasteiger partial charge in [-0.3, -0.25) is 0 Å². The Kier molecular flexibility index (Phi) is 8.10. The molecule has 0 saturated heterocycles. The van der Waals surface area contributed by atoms with E-state index in [4.69, 9.17) is 20.1 Å². The lowest BCUT2D eigenvalue weighted by Gasteiger charge is -2.13. The third-order valence-electron chi connectivity index (χ3n) is 11.8. The molecule has 0 aliphatic carbocycles. The van der Waals surface area contributed by atoms with E-state index >= 15 is 0 Å². The van der Waals surface area contributed by atoms with Crippen molar-refractivity contribution in [3.8, 4) is 67.8 Å². The third kappa shape index (κ3) is 5.86. The summed E-state index contributed by atoms with van der Waals surface area (Å²) in [5.41, 5.74) is 9.93. The van der Waals surface area contributed by atoms with Crippen molar-refractivity contribution < 1.29 is 0 Å². The number of benzene rings is 9. The first-order valence-corrected chi connectivity index (χ1v) is 20.6. The molecule has 0 aliphatic rings. The Morgan fingerprint density at radius 1 is 0.295 bits per heavy atom. The van der Waals surface area contributed by atoms with Crippen LogP contribution in [0.4, 0.5) is 0 Å². The number of hydrogen-bond acceptors (Lipinski definition) is 4. The second-order valence-corrected chi connectivity index (χ2v) is 15.4. The lowest BCUT2D eigenvalue weighted by atomic mass is 9.93. The van der Waals surface area contributed by atoms with Crippen molar-refractivity contribution >= 4 is 48.6 Å². The zero-order valence-corrected chi connectivity index (χ0v) is 32.9. The summed E-state index contributed by atoms with van der Waals surface area (Å²) in [5.74, 6) is 1.84. The minimum atomic E-state index is 0.599. The van der Waals surface area contributed by atoms with E-state index in [2.05, 4.69) is 193 Å². The fourth-order valence-corrected chi connectivity index (χ4v) is 8.99. The zero-order valence-electron chi connectivity index (χ0n) is 32.9. The first-order chi connectivity index (χ1) is 30.2. The fraction of sp³-hybridized carbons (Fsp3) is 0. The van der Waals surface area contributed by atoms with Crippen LogP contribution in [-0.4, -0.2) is 24.6 Å². The molecule has 0 aliphatic heterocycles. The minimum absolute atomic E-state index is 0.599. The van der Waals surface area contributed by atoms with Gasteiger partial charge in [0.2, 0.25) is 0 Å². The quantitative estimate of drug-likeness (QED) is 0.158. The van der Waals surface area contributed by atoms with Gasteiger partial charge >= 0.3 is 0 Å². The van der Waals surface area contributed by atoms with Crippen molar-refractivity contribution in [1.29, 1.82) is 0 Å². The molecule has 3 heterocycles. The van der Waals surface area contributed by atoms with Gasteiger partial charge in [0.15, 0.2) is 17.5 Å². The molecular formula is C56H35N5. The third-order valence-corrected chi connectivity index (χ3v) is 11.8. The van der Waals surface area contributed by atoms with Crippen LogP contribution in [0.3, 0.4) is 0 Å². The molecule has 9 aromatic carbocycles. The van der Waals surface area contributed by atoms with Gasteiger partial charge in [-0.2, -0.15) is 5.10 Å². The highest BCUT2D eigenvalue weighted by atomic mass is 15.2. The molecular weight excluding hydrogens is 743 g/mol. The summed E-state index contributed by atoms with van der Waals surface area (Å²) < 4.78 is 2.13. The SMILES string of the molecule is c1ccc(-c2nc(-c3cccc(-c4c(-c5ccccc5)nn5c(-c6ccccc6)cc6ccccc6c45)c3)nc(-c3ccc4c5ccccc5c5ccccc5c4c3)n2)cc1. The maximum Gasteiger partial charge on any atom is 0.164 e. The van der Waals surface area contributed by atoms with E-state index in [0.717, 1.165) is 66.6 Å². The van der Waals surface area contributed by atoms with Crippen LogP contribution in [0.25, 0.3) is 116 Å². The molecule has 5 heteroatoms. The summed E-state index contributed by atoms with van der Waals surface area (Å²) in [5, 5.41) is 15.0. The molecule has 12 aromatic rings. The maximum absolute atomic E-state index is 5.44. The Morgan fingerprint density at radius 2 is 0.754 bits per heavy atom. The molecule has 0 N–H and O–H groups in total. The summed E-state index contributed by atoms with van der Waals surface area (Å²) in [6, 6.07) is 74.5. The molecule has 0 atom stereocenters. The average Bonchev–Trinajstić information content (AvgIpc) is 3.76. The van der Waals surface area contributed by atoms with E-state index in [1.54, 1.807) is 0 Å². The van der Waals surface area contributed by atoms with Gasteiger partial charge in [-0.25, -0.2) is 19.5 Å². The molecule has 0 radical (unpaired) electrons. The topological polar surface area (TPSA) is 56.0 Å². The Hall–Kier alpha value is -8.28. The lowest BCUT2D eigenvalue weighted by molar-refractivity contribution is 0.979. The fourth-order valence-electron chi connectivity index (χ4n) is 8.99. The standard InChI is InChI=1S/C56H35N5/c1-4-17-36(18-5-1)50-35-39-23-10-11-26-43(39)53-51(52(60-61(50)53)37-19-6-2-7-20-37)40-24-16-25-41(33-40)55-57-54(38-21-8-3-9-22-38)58-56(59-55)42-31-32-48-46-29-13-12-27-44(46)45-28-14-15-30-47(45)49(48)34-42/h1-35H. The lowest BCUT2D eigenvalue weighted by Crippen LogP contribution is -2.00.